The zero-order chi connectivity index (χ0) is 25.0. The van der Waals surface area contributed by atoms with Gasteiger partial charge in [0.25, 0.3) is 0 Å². The maximum absolute atomic E-state index is 12.0. The SMILES string of the molecule is CC(=O)Nc1cc(NC(C)=O)c([S+]2c3ccccc3Sc3ccccc32)cc1C.[O-][Cl+3]([O-])([O-])[O-]. The second-order valence-electron chi connectivity index (χ2n) is 7.21. The highest BCUT2D eigenvalue weighted by molar-refractivity contribution is 8.04. The number of hydrogen-bond acceptors (Lipinski definition) is 7. The average Bonchev–Trinajstić information content (AvgIpc) is 2.72. The van der Waals surface area contributed by atoms with E-state index in [1.165, 1.54) is 33.4 Å². The highest BCUT2D eigenvalue weighted by Crippen LogP contribution is 2.50. The van der Waals surface area contributed by atoms with Crippen LogP contribution in [-0.4, -0.2) is 11.8 Å². The van der Waals surface area contributed by atoms with Crippen LogP contribution in [-0.2, 0) is 20.5 Å². The molecule has 11 heteroatoms. The van der Waals surface area contributed by atoms with Crippen LogP contribution in [0.3, 0.4) is 0 Å². The topological polar surface area (TPSA) is 150 Å². The van der Waals surface area contributed by atoms with Crippen LogP contribution in [0.1, 0.15) is 19.4 Å². The average molecular weight is 521 g/mol. The van der Waals surface area contributed by atoms with E-state index in [1.54, 1.807) is 11.8 Å². The van der Waals surface area contributed by atoms with Crippen LogP contribution >= 0.6 is 11.8 Å². The fraction of sp³-hybridized carbons (Fsp3) is 0.130. The highest BCUT2D eigenvalue weighted by atomic mass is 35.7. The first kappa shape index (κ1) is 26.0. The monoisotopic (exact) mass is 520 g/mol. The number of carbonyl (C=O) groups excluding carboxylic acids is 2. The van der Waals surface area contributed by atoms with E-state index in [9.17, 15) is 9.59 Å². The molecule has 1 heterocycles. The van der Waals surface area contributed by atoms with Crippen molar-refractivity contribution in [3.05, 3.63) is 66.2 Å². The molecule has 0 unspecified atom stereocenters. The van der Waals surface area contributed by atoms with Gasteiger partial charge in [-0.2, -0.15) is 0 Å². The van der Waals surface area contributed by atoms with Gasteiger partial charge in [-0.3, -0.25) is 9.59 Å². The minimum Gasteiger partial charge on any atom is -0.326 e. The number of benzene rings is 3. The molecule has 1 aliphatic rings. The van der Waals surface area contributed by atoms with Crippen molar-refractivity contribution >= 4 is 45.8 Å². The van der Waals surface area contributed by atoms with E-state index in [1.807, 2.05) is 13.0 Å². The lowest BCUT2D eigenvalue weighted by Gasteiger charge is -2.21. The molecule has 0 aromatic heterocycles. The highest BCUT2D eigenvalue weighted by Gasteiger charge is 2.40. The Kier molecular flexibility index (Phi) is 8.26. The number of nitrogens with one attached hydrogen (secondary N) is 2. The molecular weight excluding hydrogens is 500 g/mol. The summed E-state index contributed by atoms with van der Waals surface area (Å²) in [4.78, 5) is 29.6. The third-order valence-corrected chi connectivity index (χ3v) is 8.31. The first-order valence-electron chi connectivity index (χ1n) is 9.86. The molecule has 0 saturated heterocycles. The van der Waals surface area contributed by atoms with Gasteiger partial charge in [0.2, 0.25) is 11.8 Å². The molecule has 1 aliphatic heterocycles. The lowest BCUT2D eigenvalue weighted by atomic mass is 10.1. The van der Waals surface area contributed by atoms with Gasteiger partial charge in [0, 0.05) is 25.6 Å². The van der Waals surface area contributed by atoms with E-state index in [2.05, 4.69) is 65.2 Å². The summed E-state index contributed by atoms with van der Waals surface area (Å²) in [7, 11) is -5.31. The number of carbonyl (C=O) groups is 2. The summed E-state index contributed by atoms with van der Waals surface area (Å²) in [6.07, 6.45) is 0. The quantitative estimate of drug-likeness (QED) is 0.378. The molecule has 0 atom stereocenters. The van der Waals surface area contributed by atoms with E-state index in [-0.39, 0.29) is 22.7 Å². The zero-order valence-electron chi connectivity index (χ0n) is 18.4. The predicted molar refractivity (Wildman–Crippen MR) is 119 cm³/mol. The van der Waals surface area contributed by atoms with E-state index in [4.69, 9.17) is 18.6 Å². The zero-order valence-corrected chi connectivity index (χ0v) is 20.8. The van der Waals surface area contributed by atoms with Crippen molar-refractivity contribution in [2.45, 2.75) is 45.2 Å². The largest absolute Gasteiger partial charge is 0.326 e. The van der Waals surface area contributed by atoms with Gasteiger partial charge in [0.1, 0.15) is 10.9 Å². The van der Waals surface area contributed by atoms with E-state index < -0.39 is 10.2 Å². The van der Waals surface area contributed by atoms with Gasteiger partial charge in [-0.15, -0.1) is 10.2 Å². The minimum absolute atomic E-state index is 0.137. The van der Waals surface area contributed by atoms with Gasteiger partial charge in [0.15, 0.2) is 14.7 Å². The van der Waals surface area contributed by atoms with Crippen LogP contribution < -0.4 is 29.3 Å². The normalized spacial score (nSPS) is 12.6. The Hall–Kier alpha value is -2.57. The molecule has 2 amide bonds. The van der Waals surface area contributed by atoms with Gasteiger partial charge >= 0.3 is 0 Å². The van der Waals surface area contributed by atoms with Gasteiger partial charge in [0.05, 0.1) is 15.5 Å². The van der Waals surface area contributed by atoms with Gasteiger partial charge in [-0.05, 0) is 42.8 Å². The number of amides is 2. The van der Waals surface area contributed by atoms with Crippen LogP contribution in [0.25, 0.3) is 0 Å². The van der Waals surface area contributed by atoms with E-state index in [0.717, 1.165) is 16.1 Å². The number of anilines is 2. The summed E-state index contributed by atoms with van der Waals surface area (Å²) in [5, 5.41) is 5.85. The van der Waals surface area contributed by atoms with Crippen molar-refractivity contribution in [3.63, 3.8) is 0 Å². The molecule has 3 aromatic rings. The lowest BCUT2D eigenvalue weighted by Crippen LogP contribution is -2.68. The lowest BCUT2D eigenvalue weighted by molar-refractivity contribution is -2.00. The minimum atomic E-state index is -4.94. The fourth-order valence-electron chi connectivity index (χ4n) is 3.34. The summed E-state index contributed by atoms with van der Waals surface area (Å²) in [5.41, 5.74) is 2.40. The molecule has 2 N–H and O–H groups in total. The second kappa shape index (κ2) is 10.8. The van der Waals surface area contributed by atoms with E-state index >= 15 is 0 Å². The molecule has 0 saturated carbocycles. The fourth-order valence-corrected chi connectivity index (χ4v) is 7.26. The molecule has 3 aromatic carbocycles. The van der Waals surface area contributed by atoms with Crippen molar-refractivity contribution < 1.29 is 38.5 Å². The first-order chi connectivity index (χ1) is 15.9. The maximum atomic E-state index is 12.0. The van der Waals surface area contributed by atoms with E-state index in [0.29, 0.717) is 5.69 Å². The van der Waals surface area contributed by atoms with Crippen molar-refractivity contribution in [2.24, 2.45) is 0 Å². The first-order valence-corrected chi connectivity index (χ1v) is 13.1. The molecule has 34 heavy (non-hydrogen) atoms. The maximum Gasteiger partial charge on any atom is 0.221 e. The summed E-state index contributed by atoms with van der Waals surface area (Å²) >= 11 is 1.78. The summed E-state index contributed by atoms with van der Waals surface area (Å²) in [5.74, 6) is -0.276. The van der Waals surface area contributed by atoms with Gasteiger partial charge in [-0.25, -0.2) is 18.6 Å². The summed E-state index contributed by atoms with van der Waals surface area (Å²) in [6, 6.07) is 20.8. The number of halogens is 1. The number of aryl methyl sites for hydroxylation is 1. The second-order valence-corrected chi connectivity index (χ2v) is 11.0. The molecule has 0 aliphatic carbocycles. The number of hydrogen-bond donors (Lipinski definition) is 2. The molecule has 0 spiro atoms. The molecular formula is C23H21ClN2O6S2. The molecule has 4 rings (SSSR count). The molecule has 178 valence electrons. The van der Waals surface area contributed by atoms with Crippen LogP contribution in [0.5, 0.6) is 0 Å². The summed E-state index contributed by atoms with van der Waals surface area (Å²) in [6.45, 7) is 4.97. The van der Waals surface area contributed by atoms with Crippen molar-refractivity contribution in [1.82, 2.24) is 0 Å². The Morgan fingerprint density at radius 1 is 0.765 bits per heavy atom. The number of fused-ring (bicyclic) bond motifs is 2. The Labute approximate surface area is 206 Å². The van der Waals surface area contributed by atoms with Gasteiger partial charge < -0.3 is 10.6 Å². The third-order valence-electron chi connectivity index (χ3n) is 4.53. The van der Waals surface area contributed by atoms with Crippen molar-refractivity contribution in [3.8, 4) is 0 Å². The number of rotatable bonds is 3. The Bertz CT molecular complexity index is 1180. The van der Waals surface area contributed by atoms with Gasteiger partial charge in [-0.1, -0.05) is 36.0 Å². The van der Waals surface area contributed by atoms with Crippen molar-refractivity contribution in [1.29, 1.82) is 0 Å². The van der Waals surface area contributed by atoms with Crippen LogP contribution in [0.4, 0.5) is 11.4 Å². The smallest absolute Gasteiger partial charge is 0.221 e. The third kappa shape index (κ3) is 6.73. The molecule has 8 nitrogen and oxygen atoms in total. The predicted octanol–water partition coefficient (Wildman–Crippen LogP) is 0.716. The van der Waals surface area contributed by atoms with Crippen LogP contribution in [0, 0.1) is 17.2 Å². The van der Waals surface area contributed by atoms with Crippen LogP contribution in [0.15, 0.2) is 85.1 Å². The molecule has 0 fully saturated rings. The Balaban J connectivity index is 0.000000588. The Morgan fingerprint density at radius 2 is 1.21 bits per heavy atom. The molecule has 0 bridgehead atoms. The van der Waals surface area contributed by atoms with Crippen molar-refractivity contribution in [2.75, 3.05) is 10.6 Å². The standard InChI is InChI=1S/C23H20N2O2S2.ClHO4/c1-14-12-23(18(25-16(3)27)13-17(14)24-15(2)26)29-21-10-6-4-8-19(21)28-20-9-5-7-11-22(20)29;2-1(3,4)5/h4-13H,1-3H3,(H-,24,25,26,27);(H,2,3,4,5). The summed E-state index contributed by atoms with van der Waals surface area (Å²) < 4.78 is 34.0. The Morgan fingerprint density at radius 3 is 1.68 bits per heavy atom. The van der Waals surface area contributed by atoms with Crippen LogP contribution in [0.2, 0.25) is 0 Å². The molecule has 0 radical (unpaired) electrons.